The molecule has 2 atom stereocenters. The van der Waals surface area contributed by atoms with Crippen LogP contribution in [0.4, 0.5) is 26.3 Å². The van der Waals surface area contributed by atoms with E-state index in [1.54, 1.807) is 0 Å². The van der Waals surface area contributed by atoms with Crippen molar-refractivity contribution in [2.75, 3.05) is 6.61 Å². The van der Waals surface area contributed by atoms with Crippen LogP contribution >= 0.6 is 0 Å². The van der Waals surface area contributed by atoms with Gasteiger partial charge < -0.3 is 4.74 Å². The van der Waals surface area contributed by atoms with Crippen LogP contribution in [0.15, 0.2) is 46.0 Å². The Labute approximate surface area is 125 Å². The molecule has 0 aromatic rings. The highest BCUT2D eigenvalue weighted by Gasteiger charge is 2.83. The molecule has 1 aliphatic rings. The molecular weight excluding hydrogens is 334 g/mol. The molecule has 0 aromatic carbocycles. The molecular formula is C11H10F6N4O2. The van der Waals surface area contributed by atoms with Gasteiger partial charge in [-0.1, -0.05) is 18.7 Å². The van der Waals surface area contributed by atoms with Crippen molar-refractivity contribution in [2.24, 2.45) is 20.7 Å². The summed E-state index contributed by atoms with van der Waals surface area (Å²) in [6, 6.07) is 0. The van der Waals surface area contributed by atoms with Crippen LogP contribution in [0.2, 0.25) is 0 Å². The lowest BCUT2D eigenvalue weighted by Gasteiger charge is -2.43. The van der Waals surface area contributed by atoms with Crippen molar-refractivity contribution >= 4 is 5.97 Å². The molecule has 0 aliphatic carbocycles. The Kier molecular flexibility index (Phi) is 4.97. The summed E-state index contributed by atoms with van der Waals surface area (Å²) >= 11 is 0. The number of ether oxygens (including phenoxy) is 1. The van der Waals surface area contributed by atoms with Crippen molar-refractivity contribution < 1.29 is 35.9 Å². The smallest absolute Gasteiger partial charge is 0.429 e. The van der Waals surface area contributed by atoms with E-state index in [2.05, 4.69) is 38.6 Å². The lowest BCUT2D eigenvalue weighted by atomic mass is 9.73. The van der Waals surface area contributed by atoms with E-state index in [0.29, 0.717) is 6.08 Å². The van der Waals surface area contributed by atoms with Crippen LogP contribution in [0.3, 0.4) is 0 Å². The van der Waals surface area contributed by atoms with E-state index in [1.807, 2.05) is 0 Å². The Bertz CT molecular complexity index is 556. The molecule has 0 N–H and O–H groups in total. The second-order valence-electron chi connectivity index (χ2n) is 4.33. The van der Waals surface area contributed by atoms with Crippen LogP contribution in [0.5, 0.6) is 0 Å². The molecule has 12 heteroatoms. The number of alkyl halides is 6. The fourth-order valence-corrected chi connectivity index (χ4v) is 1.97. The van der Waals surface area contributed by atoms with E-state index in [-0.39, 0.29) is 0 Å². The predicted molar refractivity (Wildman–Crippen MR) is 63.3 cm³/mol. The Morgan fingerprint density at radius 1 is 1.00 bits per heavy atom. The van der Waals surface area contributed by atoms with Gasteiger partial charge in [-0.15, -0.1) is 16.8 Å². The van der Waals surface area contributed by atoms with Gasteiger partial charge in [0.05, 0.1) is 0 Å². The quantitative estimate of drug-likeness (QED) is 0.433. The summed E-state index contributed by atoms with van der Waals surface area (Å²) < 4.78 is 85.1. The number of hydrogen-bond donors (Lipinski definition) is 0. The maximum absolute atomic E-state index is 13.5. The summed E-state index contributed by atoms with van der Waals surface area (Å²) in [5, 5.41) is 10.2. The molecule has 128 valence electrons. The summed E-state index contributed by atoms with van der Waals surface area (Å²) in [6.45, 7) is 5.31. The van der Waals surface area contributed by atoms with Crippen molar-refractivity contribution in [3.05, 3.63) is 25.3 Å². The highest BCUT2D eigenvalue weighted by molar-refractivity contribution is 5.85. The molecule has 1 rings (SSSR count). The zero-order chi connectivity index (χ0) is 17.9. The first-order valence-electron chi connectivity index (χ1n) is 5.86. The van der Waals surface area contributed by atoms with Crippen LogP contribution < -0.4 is 0 Å². The number of esters is 1. The number of carbonyl (C=O) groups is 1. The highest BCUT2D eigenvalue weighted by Crippen LogP contribution is 2.55. The second-order valence-corrected chi connectivity index (χ2v) is 4.33. The van der Waals surface area contributed by atoms with Gasteiger partial charge in [-0.3, -0.25) is 0 Å². The van der Waals surface area contributed by atoms with Gasteiger partial charge in [-0.25, -0.2) is 4.79 Å². The standard InChI is InChI=1S/C11H10F6N4O2/c1-3-5-8(10(12,13)14)9(11(15,16)17,19-21-20-18-8)7(22)23-6-4-2/h3-4H,1-2,5-6H2. The molecule has 0 amide bonds. The maximum Gasteiger partial charge on any atom is 0.429 e. The minimum Gasteiger partial charge on any atom is -0.459 e. The molecule has 0 fully saturated rings. The van der Waals surface area contributed by atoms with E-state index < -0.39 is 42.4 Å². The molecule has 0 bridgehead atoms. The Morgan fingerprint density at radius 3 is 2.00 bits per heavy atom. The van der Waals surface area contributed by atoms with E-state index in [1.165, 1.54) is 0 Å². The summed E-state index contributed by atoms with van der Waals surface area (Å²) in [6.07, 6.45) is -11.5. The first-order valence-corrected chi connectivity index (χ1v) is 5.86. The van der Waals surface area contributed by atoms with Crippen LogP contribution in [0, 0.1) is 0 Å². The molecule has 0 radical (unpaired) electrons. The topological polar surface area (TPSA) is 75.7 Å². The minimum absolute atomic E-state index is 0.522. The summed E-state index contributed by atoms with van der Waals surface area (Å²) in [5.74, 6) is -2.31. The van der Waals surface area contributed by atoms with Gasteiger partial charge in [0, 0.05) is 6.42 Å². The average molecular weight is 344 g/mol. The van der Waals surface area contributed by atoms with E-state index in [0.717, 1.165) is 6.08 Å². The zero-order valence-corrected chi connectivity index (χ0v) is 11.4. The fraction of sp³-hybridized carbons (Fsp3) is 0.545. The monoisotopic (exact) mass is 344 g/mol. The first-order chi connectivity index (χ1) is 10.5. The van der Waals surface area contributed by atoms with Crippen molar-refractivity contribution in [3.8, 4) is 0 Å². The van der Waals surface area contributed by atoms with Gasteiger partial charge >= 0.3 is 23.9 Å². The van der Waals surface area contributed by atoms with Crippen molar-refractivity contribution in [1.29, 1.82) is 0 Å². The third-order valence-electron chi connectivity index (χ3n) is 3.00. The number of rotatable bonds is 5. The summed E-state index contributed by atoms with van der Waals surface area (Å²) in [7, 11) is 0. The van der Waals surface area contributed by atoms with Gasteiger partial charge in [0.25, 0.3) is 0 Å². The lowest BCUT2D eigenvalue weighted by molar-refractivity contribution is -0.275. The first kappa shape index (κ1) is 18.8. The Morgan fingerprint density at radius 2 is 1.57 bits per heavy atom. The molecule has 0 saturated heterocycles. The molecule has 1 aliphatic heterocycles. The predicted octanol–water partition coefficient (Wildman–Crippen LogP) is 3.73. The highest BCUT2D eigenvalue weighted by atomic mass is 19.4. The summed E-state index contributed by atoms with van der Waals surface area (Å²) in [4.78, 5) is 11.9. The van der Waals surface area contributed by atoms with Crippen LogP contribution in [-0.4, -0.2) is 36.0 Å². The molecule has 0 aromatic heterocycles. The molecule has 2 unspecified atom stereocenters. The second kappa shape index (κ2) is 6.08. The van der Waals surface area contributed by atoms with Crippen LogP contribution in [0.25, 0.3) is 0 Å². The van der Waals surface area contributed by atoms with Gasteiger partial charge in [0.15, 0.2) is 0 Å². The molecule has 0 spiro atoms. The summed E-state index contributed by atoms with van der Waals surface area (Å²) in [5.41, 5.74) is -8.50. The van der Waals surface area contributed by atoms with E-state index in [4.69, 9.17) is 0 Å². The third kappa shape index (κ3) is 2.72. The lowest BCUT2D eigenvalue weighted by Crippen LogP contribution is -2.71. The van der Waals surface area contributed by atoms with E-state index in [9.17, 15) is 31.1 Å². The van der Waals surface area contributed by atoms with Gasteiger partial charge in [-0.2, -0.15) is 26.3 Å². The largest absolute Gasteiger partial charge is 0.459 e. The van der Waals surface area contributed by atoms with Crippen molar-refractivity contribution in [1.82, 2.24) is 0 Å². The maximum atomic E-state index is 13.5. The zero-order valence-electron chi connectivity index (χ0n) is 11.4. The molecule has 23 heavy (non-hydrogen) atoms. The van der Waals surface area contributed by atoms with Gasteiger partial charge in [-0.05, 0) is 10.4 Å². The van der Waals surface area contributed by atoms with Crippen LogP contribution in [-0.2, 0) is 9.53 Å². The third-order valence-corrected chi connectivity index (χ3v) is 3.00. The SMILES string of the molecule is C=CCOC(=O)C1(C(F)(F)F)N=NN=NC1(CC=C)C(F)(F)F. The number of nitrogens with zero attached hydrogens (tertiary/aromatic N) is 4. The Hall–Kier alpha value is -2.27. The fourth-order valence-electron chi connectivity index (χ4n) is 1.97. The minimum atomic E-state index is -5.81. The molecule has 1 heterocycles. The van der Waals surface area contributed by atoms with Crippen molar-refractivity contribution in [3.63, 3.8) is 0 Å². The number of carbonyl (C=O) groups excluding carboxylic acids is 1. The van der Waals surface area contributed by atoms with E-state index >= 15 is 0 Å². The number of halogens is 6. The average Bonchev–Trinajstić information content (AvgIpc) is 2.43. The number of hydrogen-bond acceptors (Lipinski definition) is 6. The van der Waals surface area contributed by atoms with Gasteiger partial charge in [0.2, 0.25) is 5.54 Å². The van der Waals surface area contributed by atoms with Crippen molar-refractivity contribution in [2.45, 2.75) is 29.9 Å². The van der Waals surface area contributed by atoms with Gasteiger partial charge in [0.1, 0.15) is 6.61 Å². The molecule has 0 saturated carbocycles. The normalized spacial score (nSPS) is 27.6. The van der Waals surface area contributed by atoms with Crippen LogP contribution in [0.1, 0.15) is 6.42 Å². The molecule has 6 nitrogen and oxygen atoms in total. The Balaban J connectivity index is 3.71.